The molecule has 152 valence electrons. The Labute approximate surface area is 175 Å². The van der Waals surface area contributed by atoms with Gasteiger partial charge in [-0.1, -0.05) is 48.0 Å². The first-order valence-corrected chi connectivity index (χ1v) is 9.90. The summed E-state index contributed by atoms with van der Waals surface area (Å²) < 4.78 is 13.5. The molecule has 0 bridgehead atoms. The van der Waals surface area contributed by atoms with Gasteiger partial charge in [0.25, 0.3) is 5.91 Å². The predicted octanol–water partition coefficient (Wildman–Crippen LogP) is 4.41. The molecule has 1 atom stereocenters. The van der Waals surface area contributed by atoms with Crippen LogP contribution in [0, 0.1) is 12.7 Å². The van der Waals surface area contributed by atoms with Crippen molar-refractivity contribution in [2.45, 2.75) is 32.4 Å². The zero-order valence-electron chi connectivity index (χ0n) is 17.0. The summed E-state index contributed by atoms with van der Waals surface area (Å²) in [6.07, 6.45) is 0.367. The maximum atomic E-state index is 13.5. The third-order valence-corrected chi connectivity index (χ3v) is 5.63. The maximum absolute atomic E-state index is 13.5. The van der Waals surface area contributed by atoms with Crippen LogP contribution in [0.15, 0.2) is 72.8 Å². The SMILES string of the molecule is Cc1ccc(CNC(=O)C2(C)Cc3ccccc3C(=O)N2c2ccc(F)cc2)cc1. The van der Waals surface area contributed by atoms with Crippen LogP contribution < -0.4 is 10.2 Å². The average molecular weight is 402 g/mol. The molecule has 4 nitrogen and oxygen atoms in total. The lowest BCUT2D eigenvalue weighted by Gasteiger charge is -2.44. The Morgan fingerprint density at radius 2 is 1.70 bits per heavy atom. The Kier molecular flexibility index (Phi) is 5.12. The third kappa shape index (κ3) is 3.59. The van der Waals surface area contributed by atoms with E-state index in [4.69, 9.17) is 0 Å². The molecule has 0 fully saturated rings. The van der Waals surface area contributed by atoms with Gasteiger partial charge in [0, 0.05) is 24.2 Å². The van der Waals surface area contributed by atoms with E-state index in [2.05, 4.69) is 5.32 Å². The number of hydrogen-bond acceptors (Lipinski definition) is 2. The van der Waals surface area contributed by atoms with Crippen LogP contribution in [0.5, 0.6) is 0 Å². The zero-order valence-corrected chi connectivity index (χ0v) is 17.0. The van der Waals surface area contributed by atoms with Gasteiger partial charge in [-0.15, -0.1) is 0 Å². The van der Waals surface area contributed by atoms with Crippen molar-refractivity contribution in [2.24, 2.45) is 0 Å². The van der Waals surface area contributed by atoms with Crippen molar-refractivity contribution >= 4 is 17.5 Å². The van der Waals surface area contributed by atoms with Gasteiger partial charge in [-0.25, -0.2) is 4.39 Å². The van der Waals surface area contributed by atoms with E-state index in [1.54, 1.807) is 19.1 Å². The highest BCUT2D eigenvalue weighted by Gasteiger charge is 2.47. The van der Waals surface area contributed by atoms with Crippen molar-refractivity contribution in [3.63, 3.8) is 0 Å². The maximum Gasteiger partial charge on any atom is 0.259 e. The van der Waals surface area contributed by atoms with Crippen molar-refractivity contribution < 1.29 is 14.0 Å². The number of rotatable bonds is 4. The fourth-order valence-corrected chi connectivity index (χ4v) is 3.93. The number of amides is 2. The molecule has 0 aromatic heterocycles. The summed E-state index contributed by atoms with van der Waals surface area (Å²) in [5.41, 5.74) is 2.86. The molecule has 3 aromatic carbocycles. The molecule has 0 saturated carbocycles. The molecule has 1 aliphatic rings. The summed E-state index contributed by atoms with van der Waals surface area (Å²) in [5, 5.41) is 2.98. The highest BCUT2D eigenvalue weighted by atomic mass is 19.1. The van der Waals surface area contributed by atoms with Crippen LogP contribution in [-0.2, 0) is 17.8 Å². The van der Waals surface area contributed by atoms with Gasteiger partial charge in [0.1, 0.15) is 11.4 Å². The molecule has 5 heteroatoms. The lowest BCUT2D eigenvalue weighted by atomic mass is 9.82. The second kappa shape index (κ2) is 7.75. The summed E-state index contributed by atoms with van der Waals surface area (Å²) >= 11 is 0. The number of nitrogens with zero attached hydrogens (tertiary/aromatic N) is 1. The van der Waals surface area contributed by atoms with Gasteiger partial charge in [0.2, 0.25) is 5.91 Å². The second-order valence-corrected chi connectivity index (χ2v) is 7.89. The van der Waals surface area contributed by atoms with Crippen molar-refractivity contribution in [1.82, 2.24) is 5.32 Å². The number of hydrogen-bond donors (Lipinski definition) is 1. The molecule has 30 heavy (non-hydrogen) atoms. The summed E-state index contributed by atoms with van der Waals surface area (Å²) in [4.78, 5) is 28.3. The minimum atomic E-state index is -1.14. The number of aryl methyl sites for hydroxylation is 1. The largest absolute Gasteiger partial charge is 0.350 e. The second-order valence-electron chi connectivity index (χ2n) is 7.89. The lowest BCUT2D eigenvalue weighted by Crippen LogP contribution is -2.63. The van der Waals surface area contributed by atoms with Crippen LogP contribution in [0.1, 0.15) is 34.0 Å². The number of benzene rings is 3. The predicted molar refractivity (Wildman–Crippen MR) is 115 cm³/mol. The van der Waals surface area contributed by atoms with Gasteiger partial charge in [0.15, 0.2) is 0 Å². The highest BCUT2D eigenvalue weighted by molar-refractivity contribution is 6.14. The Morgan fingerprint density at radius 3 is 2.40 bits per heavy atom. The number of carbonyl (C=O) groups is 2. The Balaban J connectivity index is 1.69. The van der Waals surface area contributed by atoms with Gasteiger partial charge >= 0.3 is 0 Å². The van der Waals surface area contributed by atoms with Crippen molar-refractivity contribution in [3.8, 4) is 0 Å². The molecule has 0 aliphatic carbocycles. The first-order valence-electron chi connectivity index (χ1n) is 9.90. The highest BCUT2D eigenvalue weighted by Crippen LogP contribution is 2.35. The molecule has 1 heterocycles. The molecule has 4 rings (SSSR count). The molecule has 3 aromatic rings. The van der Waals surface area contributed by atoms with E-state index in [0.29, 0.717) is 24.2 Å². The fourth-order valence-electron chi connectivity index (χ4n) is 3.93. The first-order chi connectivity index (χ1) is 14.4. The smallest absolute Gasteiger partial charge is 0.259 e. The average Bonchev–Trinajstić information content (AvgIpc) is 2.74. The summed E-state index contributed by atoms with van der Waals surface area (Å²) in [7, 11) is 0. The number of anilines is 1. The van der Waals surface area contributed by atoms with Crippen molar-refractivity contribution in [2.75, 3.05) is 4.90 Å². The standard InChI is InChI=1S/C25H23FN2O2/c1-17-7-9-18(10-8-17)16-27-24(30)25(2)15-19-5-3-4-6-22(19)23(29)28(25)21-13-11-20(26)12-14-21/h3-14H,15-16H2,1-2H3,(H,27,30). The molecule has 1 unspecified atom stereocenters. The molecule has 1 aliphatic heterocycles. The van der Waals surface area contributed by atoms with E-state index in [-0.39, 0.29) is 11.8 Å². The number of carbonyl (C=O) groups excluding carboxylic acids is 2. The summed E-state index contributed by atoms with van der Waals surface area (Å²) in [5.74, 6) is -0.916. The minimum Gasteiger partial charge on any atom is -0.350 e. The van der Waals surface area contributed by atoms with E-state index >= 15 is 0 Å². The van der Waals surface area contributed by atoms with Crippen LogP contribution in [-0.4, -0.2) is 17.4 Å². The monoisotopic (exact) mass is 402 g/mol. The quantitative estimate of drug-likeness (QED) is 0.703. The van der Waals surface area contributed by atoms with Gasteiger partial charge in [-0.2, -0.15) is 0 Å². The van der Waals surface area contributed by atoms with Crippen LogP contribution in [0.4, 0.5) is 10.1 Å². The number of nitrogens with one attached hydrogen (secondary N) is 1. The van der Waals surface area contributed by atoms with Gasteiger partial charge in [-0.3, -0.25) is 14.5 Å². The molecular weight excluding hydrogens is 379 g/mol. The zero-order chi connectivity index (χ0) is 21.3. The van der Waals surface area contributed by atoms with Crippen molar-refractivity contribution in [1.29, 1.82) is 0 Å². The van der Waals surface area contributed by atoms with Gasteiger partial charge in [0.05, 0.1) is 0 Å². The molecular formula is C25H23FN2O2. The molecule has 0 saturated heterocycles. The number of fused-ring (bicyclic) bond motifs is 1. The van der Waals surface area contributed by atoms with Gasteiger partial charge in [-0.05, 0) is 55.3 Å². The van der Waals surface area contributed by atoms with E-state index in [1.165, 1.54) is 29.2 Å². The Hall–Kier alpha value is -3.47. The van der Waals surface area contributed by atoms with Crippen LogP contribution in [0.25, 0.3) is 0 Å². The fraction of sp³-hybridized carbons (Fsp3) is 0.200. The first kappa shape index (κ1) is 19.8. The van der Waals surface area contributed by atoms with Crippen molar-refractivity contribution in [3.05, 3.63) is 101 Å². The van der Waals surface area contributed by atoms with Gasteiger partial charge < -0.3 is 5.32 Å². The minimum absolute atomic E-state index is 0.254. The lowest BCUT2D eigenvalue weighted by molar-refractivity contribution is -0.126. The van der Waals surface area contributed by atoms with Crippen LogP contribution >= 0.6 is 0 Å². The van der Waals surface area contributed by atoms with E-state index in [0.717, 1.165) is 16.7 Å². The topological polar surface area (TPSA) is 49.4 Å². The van der Waals surface area contributed by atoms with Crippen LogP contribution in [0.3, 0.4) is 0 Å². The molecule has 0 spiro atoms. The molecule has 1 N–H and O–H groups in total. The van der Waals surface area contributed by atoms with E-state index in [1.807, 2.05) is 43.3 Å². The Morgan fingerprint density at radius 1 is 1.03 bits per heavy atom. The van der Waals surface area contributed by atoms with E-state index < -0.39 is 11.4 Å². The normalized spacial score (nSPS) is 18.1. The van der Waals surface area contributed by atoms with Crippen LogP contribution in [0.2, 0.25) is 0 Å². The Bertz CT molecular complexity index is 1090. The summed E-state index contributed by atoms with van der Waals surface area (Å²) in [6, 6.07) is 20.9. The molecule has 2 amide bonds. The number of halogens is 1. The summed E-state index contributed by atoms with van der Waals surface area (Å²) in [6.45, 7) is 4.13. The van der Waals surface area contributed by atoms with E-state index in [9.17, 15) is 14.0 Å². The molecule has 0 radical (unpaired) electrons. The third-order valence-electron chi connectivity index (χ3n) is 5.63.